The lowest BCUT2D eigenvalue weighted by atomic mass is 10.1. The van der Waals surface area contributed by atoms with Crippen molar-refractivity contribution < 1.29 is 9.53 Å². The molecular weight excluding hydrogens is 337 g/mol. The highest BCUT2D eigenvalue weighted by Crippen LogP contribution is 2.30. The molecule has 1 aliphatic heterocycles. The van der Waals surface area contributed by atoms with E-state index in [1.165, 1.54) is 0 Å². The van der Waals surface area contributed by atoms with Gasteiger partial charge in [-0.3, -0.25) is 4.79 Å². The number of rotatable bonds is 3. The fourth-order valence-electron chi connectivity index (χ4n) is 2.60. The van der Waals surface area contributed by atoms with Crippen LogP contribution in [0.3, 0.4) is 0 Å². The molecule has 120 valence electrons. The number of hydrogen-bond acceptors (Lipinski definition) is 4. The largest absolute Gasteiger partial charge is 0.370 e. The topological polar surface area (TPSA) is 68.5 Å². The number of carbonyl (C=O) groups is 1. The number of ether oxygens (including phenoxy) is 1. The second-order valence-electron chi connectivity index (χ2n) is 5.22. The van der Waals surface area contributed by atoms with E-state index >= 15 is 0 Å². The highest BCUT2D eigenvalue weighted by molar-refractivity contribution is 6.42. The average Bonchev–Trinajstić information content (AvgIpc) is 2.57. The Kier molecular flexibility index (Phi) is 4.71. The van der Waals surface area contributed by atoms with E-state index in [2.05, 4.69) is 4.98 Å². The van der Waals surface area contributed by atoms with Gasteiger partial charge in [0.15, 0.2) is 0 Å². The number of halogens is 2. The van der Waals surface area contributed by atoms with Crippen molar-refractivity contribution in [1.29, 1.82) is 0 Å². The second-order valence-corrected chi connectivity index (χ2v) is 6.03. The SMILES string of the molecule is NC(=O)c1cccnc1N1CCOC(c2ccc(Cl)c(Cl)c2)C1. The first kappa shape index (κ1) is 16.1. The number of benzene rings is 1. The Morgan fingerprint density at radius 3 is 2.87 bits per heavy atom. The summed E-state index contributed by atoms with van der Waals surface area (Å²) >= 11 is 12.0. The van der Waals surface area contributed by atoms with Crippen LogP contribution in [0.15, 0.2) is 36.5 Å². The zero-order chi connectivity index (χ0) is 16.4. The summed E-state index contributed by atoms with van der Waals surface area (Å²) in [6.45, 7) is 1.70. The highest BCUT2D eigenvalue weighted by Gasteiger charge is 2.25. The molecule has 1 aliphatic rings. The number of nitrogens with zero attached hydrogens (tertiary/aromatic N) is 2. The smallest absolute Gasteiger partial charge is 0.252 e. The van der Waals surface area contributed by atoms with Crippen molar-refractivity contribution >= 4 is 34.9 Å². The number of pyridine rings is 1. The Bertz CT molecular complexity index is 739. The van der Waals surface area contributed by atoms with E-state index < -0.39 is 5.91 Å². The standard InChI is InChI=1S/C16H15Cl2N3O2/c17-12-4-3-10(8-13(12)18)14-9-21(6-7-23-14)16-11(15(19)22)2-1-5-20-16/h1-5,8,14H,6-7,9H2,(H2,19,22). The molecule has 1 amide bonds. The van der Waals surface area contributed by atoms with E-state index in [1.807, 2.05) is 11.0 Å². The molecule has 3 rings (SSSR count). The molecule has 2 heterocycles. The third kappa shape index (κ3) is 3.42. The molecule has 0 bridgehead atoms. The number of aromatic nitrogens is 1. The number of carbonyl (C=O) groups excluding carboxylic acids is 1. The number of anilines is 1. The van der Waals surface area contributed by atoms with Crippen LogP contribution in [-0.2, 0) is 4.74 Å². The summed E-state index contributed by atoms with van der Waals surface area (Å²) in [4.78, 5) is 17.9. The van der Waals surface area contributed by atoms with Crippen molar-refractivity contribution in [2.75, 3.05) is 24.6 Å². The first-order chi connectivity index (χ1) is 11.1. The van der Waals surface area contributed by atoms with Gasteiger partial charge >= 0.3 is 0 Å². The van der Waals surface area contributed by atoms with Crippen LogP contribution in [0.5, 0.6) is 0 Å². The molecule has 0 spiro atoms. The third-order valence-electron chi connectivity index (χ3n) is 3.73. The Balaban J connectivity index is 1.86. The summed E-state index contributed by atoms with van der Waals surface area (Å²) in [6.07, 6.45) is 1.46. The van der Waals surface area contributed by atoms with Crippen LogP contribution in [0.1, 0.15) is 22.0 Å². The predicted molar refractivity (Wildman–Crippen MR) is 90.1 cm³/mol. The molecule has 1 unspecified atom stereocenters. The Labute approximate surface area is 144 Å². The maximum atomic E-state index is 11.6. The van der Waals surface area contributed by atoms with Gasteiger partial charge in [0.25, 0.3) is 5.91 Å². The molecule has 1 fully saturated rings. The summed E-state index contributed by atoms with van der Waals surface area (Å²) in [5.41, 5.74) is 6.77. The molecule has 1 saturated heterocycles. The summed E-state index contributed by atoms with van der Waals surface area (Å²) < 4.78 is 5.82. The number of morpholine rings is 1. The van der Waals surface area contributed by atoms with Gasteiger partial charge in [0.1, 0.15) is 11.9 Å². The fourth-order valence-corrected chi connectivity index (χ4v) is 2.90. The lowest BCUT2D eigenvalue weighted by Gasteiger charge is -2.34. The average molecular weight is 352 g/mol. The van der Waals surface area contributed by atoms with Crippen molar-refractivity contribution in [3.8, 4) is 0 Å². The lowest BCUT2D eigenvalue weighted by Crippen LogP contribution is -2.40. The third-order valence-corrected chi connectivity index (χ3v) is 4.47. The molecule has 0 aliphatic carbocycles. The molecule has 0 radical (unpaired) electrons. The van der Waals surface area contributed by atoms with Gasteiger partial charge < -0.3 is 15.4 Å². The lowest BCUT2D eigenvalue weighted by molar-refractivity contribution is 0.0394. The Morgan fingerprint density at radius 2 is 2.13 bits per heavy atom. The van der Waals surface area contributed by atoms with Gasteiger partial charge in [0.2, 0.25) is 0 Å². The van der Waals surface area contributed by atoms with Crippen molar-refractivity contribution in [3.63, 3.8) is 0 Å². The minimum atomic E-state index is -0.495. The molecule has 0 saturated carbocycles. The summed E-state index contributed by atoms with van der Waals surface area (Å²) in [5, 5.41) is 0.990. The minimum absolute atomic E-state index is 0.179. The summed E-state index contributed by atoms with van der Waals surface area (Å²) in [6, 6.07) is 8.80. The number of hydrogen-bond donors (Lipinski definition) is 1. The van der Waals surface area contributed by atoms with Crippen LogP contribution >= 0.6 is 23.2 Å². The molecule has 1 atom stereocenters. The van der Waals surface area contributed by atoms with E-state index in [-0.39, 0.29) is 6.10 Å². The number of amides is 1. The molecule has 2 aromatic rings. The maximum Gasteiger partial charge on any atom is 0.252 e. The quantitative estimate of drug-likeness (QED) is 0.922. The highest BCUT2D eigenvalue weighted by atomic mass is 35.5. The molecule has 23 heavy (non-hydrogen) atoms. The number of nitrogens with two attached hydrogens (primary N) is 1. The molecule has 1 aromatic heterocycles. The van der Waals surface area contributed by atoms with Crippen LogP contribution in [0.25, 0.3) is 0 Å². The van der Waals surface area contributed by atoms with Crippen LogP contribution in [0.4, 0.5) is 5.82 Å². The first-order valence-electron chi connectivity index (χ1n) is 7.12. The van der Waals surface area contributed by atoms with Crippen molar-refractivity contribution in [2.24, 2.45) is 5.73 Å². The van der Waals surface area contributed by atoms with Gasteiger partial charge in [-0.25, -0.2) is 4.98 Å². The molecule has 1 aromatic carbocycles. The van der Waals surface area contributed by atoms with E-state index in [4.69, 9.17) is 33.7 Å². The van der Waals surface area contributed by atoms with Gasteiger partial charge in [-0.15, -0.1) is 0 Å². The van der Waals surface area contributed by atoms with Gasteiger partial charge in [-0.1, -0.05) is 29.3 Å². The van der Waals surface area contributed by atoms with Crippen LogP contribution in [0.2, 0.25) is 10.0 Å². The predicted octanol–water partition coefficient (Wildman–Crippen LogP) is 3.07. The zero-order valence-electron chi connectivity index (χ0n) is 12.2. The zero-order valence-corrected chi connectivity index (χ0v) is 13.7. The van der Waals surface area contributed by atoms with Crippen LogP contribution in [0, 0.1) is 0 Å². The molecule has 5 nitrogen and oxygen atoms in total. The van der Waals surface area contributed by atoms with E-state index in [1.54, 1.807) is 30.5 Å². The van der Waals surface area contributed by atoms with Crippen molar-refractivity contribution in [2.45, 2.75) is 6.10 Å². The summed E-state index contributed by atoms with van der Waals surface area (Å²) in [7, 11) is 0. The van der Waals surface area contributed by atoms with E-state index in [0.717, 1.165) is 5.56 Å². The first-order valence-corrected chi connectivity index (χ1v) is 7.88. The van der Waals surface area contributed by atoms with Crippen molar-refractivity contribution in [1.82, 2.24) is 4.98 Å². The fraction of sp³-hybridized carbons (Fsp3) is 0.250. The number of primary amides is 1. The Morgan fingerprint density at radius 1 is 1.30 bits per heavy atom. The van der Waals surface area contributed by atoms with Gasteiger partial charge in [-0.2, -0.15) is 0 Å². The van der Waals surface area contributed by atoms with Gasteiger partial charge in [0, 0.05) is 19.3 Å². The van der Waals surface area contributed by atoms with Crippen LogP contribution in [-0.4, -0.2) is 30.6 Å². The molecule has 2 N–H and O–H groups in total. The Hall–Kier alpha value is -1.82. The van der Waals surface area contributed by atoms with Gasteiger partial charge in [0.05, 0.1) is 22.2 Å². The van der Waals surface area contributed by atoms with E-state index in [0.29, 0.717) is 41.1 Å². The summed E-state index contributed by atoms with van der Waals surface area (Å²) in [5.74, 6) is 0.0824. The minimum Gasteiger partial charge on any atom is -0.370 e. The van der Waals surface area contributed by atoms with Gasteiger partial charge in [-0.05, 0) is 29.8 Å². The molecular formula is C16H15Cl2N3O2. The normalized spacial score (nSPS) is 18.0. The van der Waals surface area contributed by atoms with Crippen molar-refractivity contribution in [3.05, 3.63) is 57.7 Å². The van der Waals surface area contributed by atoms with Crippen LogP contribution < -0.4 is 10.6 Å². The van der Waals surface area contributed by atoms with E-state index in [9.17, 15) is 4.79 Å². The molecule has 7 heteroatoms. The maximum absolute atomic E-state index is 11.6. The monoisotopic (exact) mass is 351 g/mol. The second kappa shape index (κ2) is 6.74.